The van der Waals surface area contributed by atoms with Crippen LogP contribution in [0.15, 0.2) is 53.5 Å². The first-order valence-electron chi connectivity index (χ1n) is 7.36. The van der Waals surface area contributed by atoms with E-state index in [4.69, 9.17) is 10.5 Å². The molecule has 1 aliphatic rings. The van der Waals surface area contributed by atoms with Gasteiger partial charge in [-0.15, -0.1) is 0 Å². The normalized spacial score (nSPS) is 13.5. The quantitative estimate of drug-likeness (QED) is 0.889. The summed E-state index contributed by atoms with van der Waals surface area (Å²) in [6.45, 7) is 2.44. The molecule has 1 heterocycles. The minimum Gasteiger partial charge on any atom is -0.457 e. The number of hydrogen-bond donors (Lipinski definition) is 2. The van der Waals surface area contributed by atoms with Crippen molar-refractivity contribution in [1.82, 2.24) is 10.2 Å². The Morgan fingerprint density at radius 2 is 2.00 bits per heavy atom. The van der Waals surface area contributed by atoms with E-state index in [0.29, 0.717) is 5.96 Å². The van der Waals surface area contributed by atoms with Gasteiger partial charge in [-0.2, -0.15) is 0 Å². The first-order valence-corrected chi connectivity index (χ1v) is 7.36. The van der Waals surface area contributed by atoms with Crippen molar-refractivity contribution in [2.75, 3.05) is 20.1 Å². The highest BCUT2D eigenvalue weighted by Gasteiger charge is 2.17. The summed E-state index contributed by atoms with van der Waals surface area (Å²) in [4.78, 5) is 6.53. The van der Waals surface area contributed by atoms with Gasteiger partial charge in [0.1, 0.15) is 11.5 Å². The number of ether oxygens (including phenoxy) is 1. The van der Waals surface area contributed by atoms with Gasteiger partial charge in [0.25, 0.3) is 0 Å². The van der Waals surface area contributed by atoms with Crippen molar-refractivity contribution >= 4 is 11.6 Å². The fraction of sp³-hybridized carbons (Fsp3) is 0.235. The third-order valence-electron chi connectivity index (χ3n) is 3.58. The van der Waals surface area contributed by atoms with Crippen LogP contribution in [0.5, 0.6) is 11.5 Å². The van der Waals surface area contributed by atoms with Crippen LogP contribution in [-0.4, -0.2) is 31.0 Å². The Hall–Kier alpha value is -2.53. The molecule has 5 nitrogen and oxygen atoms in total. The molecule has 5 heteroatoms. The molecule has 0 saturated carbocycles. The van der Waals surface area contributed by atoms with E-state index in [2.05, 4.69) is 15.2 Å². The van der Waals surface area contributed by atoms with E-state index < -0.39 is 0 Å². The number of nitrogens with two attached hydrogens (primary N) is 1. The minimum absolute atomic E-state index is 0.569. The first kappa shape index (κ1) is 14.4. The maximum atomic E-state index is 6.01. The van der Waals surface area contributed by atoms with Gasteiger partial charge in [-0.25, -0.2) is 4.99 Å². The van der Waals surface area contributed by atoms with E-state index in [-0.39, 0.29) is 0 Å². The Labute approximate surface area is 130 Å². The van der Waals surface area contributed by atoms with Gasteiger partial charge in [-0.05, 0) is 37.4 Å². The van der Waals surface area contributed by atoms with Gasteiger partial charge in [0.2, 0.25) is 0 Å². The molecule has 0 atom stereocenters. The highest BCUT2D eigenvalue weighted by Crippen LogP contribution is 2.31. The largest absolute Gasteiger partial charge is 0.457 e. The third-order valence-corrected chi connectivity index (χ3v) is 3.58. The van der Waals surface area contributed by atoms with Crippen LogP contribution in [-0.2, 0) is 6.54 Å². The Kier molecular flexibility index (Phi) is 4.25. The first-order chi connectivity index (χ1) is 10.8. The molecule has 2 aromatic rings. The second-order valence-corrected chi connectivity index (χ2v) is 5.20. The van der Waals surface area contributed by atoms with Crippen molar-refractivity contribution < 1.29 is 4.74 Å². The summed E-state index contributed by atoms with van der Waals surface area (Å²) in [7, 11) is 1.93. The highest BCUT2D eigenvalue weighted by atomic mass is 16.5. The number of hydrogen-bond acceptors (Lipinski definition) is 5. The number of para-hydroxylation sites is 1. The lowest BCUT2D eigenvalue weighted by Gasteiger charge is -2.28. The number of nitrogens with one attached hydrogen (secondary N) is 1. The monoisotopic (exact) mass is 296 g/mol. The fourth-order valence-corrected chi connectivity index (χ4v) is 2.41. The predicted molar refractivity (Wildman–Crippen MR) is 88.6 cm³/mol. The molecule has 2 aromatic carbocycles. The van der Waals surface area contributed by atoms with Crippen LogP contribution in [0.4, 0.5) is 5.69 Å². The number of fused-ring (bicyclic) bond motifs is 1. The van der Waals surface area contributed by atoms with Crippen molar-refractivity contribution in [2.45, 2.75) is 6.54 Å². The maximum absolute atomic E-state index is 6.01. The molecule has 1 aliphatic heterocycles. The molecule has 114 valence electrons. The number of rotatable bonds is 5. The van der Waals surface area contributed by atoms with Gasteiger partial charge in [-0.3, -0.25) is 0 Å². The maximum Gasteiger partial charge on any atom is 0.196 e. The molecular weight excluding hydrogens is 276 g/mol. The van der Waals surface area contributed by atoms with Gasteiger partial charge in [0.05, 0.1) is 5.69 Å². The Bertz CT molecular complexity index is 670. The van der Waals surface area contributed by atoms with Gasteiger partial charge in [-0.1, -0.05) is 18.2 Å². The van der Waals surface area contributed by atoms with Crippen molar-refractivity contribution in [3.63, 3.8) is 0 Å². The molecule has 0 fully saturated rings. The summed E-state index contributed by atoms with van der Waals surface area (Å²) in [6, 6.07) is 15.7. The molecule has 3 N–H and O–H groups in total. The zero-order valence-electron chi connectivity index (χ0n) is 12.6. The number of benzene rings is 2. The summed E-state index contributed by atoms with van der Waals surface area (Å²) in [5, 5.41) is 3.13. The van der Waals surface area contributed by atoms with E-state index in [0.717, 1.165) is 42.4 Å². The lowest BCUT2D eigenvalue weighted by molar-refractivity contribution is 0.399. The van der Waals surface area contributed by atoms with Crippen LogP contribution in [0, 0.1) is 0 Å². The van der Waals surface area contributed by atoms with E-state index >= 15 is 0 Å². The minimum atomic E-state index is 0.569. The van der Waals surface area contributed by atoms with Gasteiger partial charge >= 0.3 is 0 Å². The van der Waals surface area contributed by atoms with Crippen molar-refractivity contribution in [3.05, 3.63) is 54.1 Å². The van der Waals surface area contributed by atoms with E-state index in [1.807, 2.05) is 55.6 Å². The third kappa shape index (κ3) is 3.20. The molecule has 3 rings (SSSR count). The second-order valence-electron chi connectivity index (χ2n) is 5.20. The van der Waals surface area contributed by atoms with Crippen LogP contribution >= 0.6 is 0 Å². The summed E-state index contributed by atoms with van der Waals surface area (Å²) in [6.07, 6.45) is 0. The van der Waals surface area contributed by atoms with Crippen LogP contribution in [0.25, 0.3) is 0 Å². The van der Waals surface area contributed by atoms with Crippen molar-refractivity contribution in [2.24, 2.45) is 10.7 Å². The number of guanidine groups is 1. The van der Waals surface area contributed by atoms with Crippen LogP contribution in [0.1, 0.15) is 5.56 Å². The molecule has 22 heavy (non-hydrogen) atoms. The lowest BCUT2D eigenvalue weighted by atomic mass is 10.1. The fourth-order valence-electron chi connectivity index (χ4n) is 2.41. The van der Waals surface area contributed by atoms with Crippen LogP contribution in [0.3, 0.4) is 0 Å². The molecule has 0 bridgehead atoms. The van der Waals surface area contributed by atoms with Crippen molar-refractivity contribution in [1.29, 1.82) is 0 Å². The molecule has 0 amide bonds. The second kappa shape index (κ2) is 6.49. The molecular formula is C17H20N4O. The summed E-state index contributed by atoms with van der Waals surface area (Å²) in [5.74, 6) is 2.21. The molecule has 0 spiro atoms. The average Bonchev–Trinajstić information content (AvgIpc) is 2.54. The molecule has 0 saturated heterocycles. The van der Waals surface area contributed by atoms with Crippen LogP contribution in [0.2, 0.25) is 0 Å². The summed E-state index contributed by atoms with van der Waals surface area (Å²) in [5.41, 5.74) is 8.05. The van der Waals surface area contributed by atoms with E-state index in [1.54, 1.807) is 0 Å². The number of likely N-dealkylation sites (N-methyl/N-ethyl adjacent to an activating group) is 1. The van der Waals surface area contributed by atoms with Gasteiger partial charge in [0, 0.05) is 25.2 Å². The lowest BCUT2D eigenvalue weighted by Crippen LogP contribution is -2.41. The average molecular weight is 296 g/mol. The highest BCUT2D eigenvalue weighted by molar-refractivity contribution is 5.83. The molecule has 0 radical (unpaired) electrons. The van der Waals surface area contributed by atoms with E-state index in [1.165, 1.54) is 0 Å². The number of aliphatic imine (C=N–C) groups is 1. The van der Waals surface area contributed by atoms with Crippen molar-refractivity contribution in [3.8, 4) is 11.5 Å². The Morgan fingerprint density at radius 1 is 1.18 bits per heavy atom. The Balaban J connectivity index is 1.79. The predicted octanol–water partition coefficient (Wildman–Crippen LogP) is 2.46. The zero-order valence-corrected chi connectivity index (χ0v) is 12.6. The Morgan fingerprint density at radius 3 is 2.77 bits per heavy atom. The molecule has 0 aliphatic carbocycles. The van der Waals surface area contributed by atoms with Gasteiger partial charge < -0.3 is 20.7 Å². The topological polar surface area (TPSA) is 62.9 Å². The SMILES string of the molecule is CNCCN1Cc2cc(Oc3ccccc3)ccc2N=C1N. The van der Waals surface area contributed by atoms with Gasteiger partial charge in [0.15, 0.2) is 5.96 Å². The standard InChI is InChI=1S/C17H20N4O/c1-19-9-10-21-12-13-11-15(7-8-16(13)20-17(21)18)22-14-5-3-2-4-6-14/h2-8,11,19H,9-10,12H2,1H3,(H2,18,20). The summed E-state index contributed by atoms with van der Waals surface area (Å²) < 4.78 is 5.88. The molecule has 0 aromatic heterocycles. The smallest absolute Gasteiger partial charge is 0.196 e. The number of nitrogens with zero attached hydrogens (tertiary/aromatic N) is 2. The molecule has 0 unspecified atom stereocenters. The zero-order chi connectivity index (χ0) is 15.4. The van der Waals surface area contributed by atoms with E-state index in [9.17, 15) is 0 Å². The van der Waals surface area contributed by atoms with Crippen LogP contribution < -0.4 is 15.8 Å². The summed E-state index contributed by atoms with van der Waals surface area (Å²) >= 11 is 0.